The second kappa shape index (κ2) is 6.67. The van der Waals surface area contributed by atoms with Gasteiger partial charge in [-0.2, -0.15) is 0 Å². The average Bonchev–Trinajstić information content (AvgIpc) is 2.80. The molecule has 2 aromatic rings. The molecule has 0 atom stereocenters. The van der Waals surface area contributed by atoms with Gasteiger partial charge in [-0.3, -0.25) is 9.20 Å². The second-order valence-corrected chi connectivity index (χ2v) is 5.23. The number of rotatable bonds is 6. The van der Waals surface area contributed by atoms with Crippen molar-refractivity contribution in [1.82, 2.24) is 24.9 Å². The van der Waals surface area contributed by atoms with E-state index in [1.165, 1.54) is 11.8 Å². The number of hydrogen-bond acceptors (Lipinski definition) is 6. The summed E-state index contributed by atoms with van der Waals surface area (Å²) in [5.74, 6) is 0.795. The molecule has 0 aliphatic rings. The Morgan fingerprint density at radius 2 is 2.25 bits per heavy atom. The minimum absolute atomic E-state index is 0.0541. The standard InChI is InChI=1S/C12H17N5O2S/c1-8-6-9(2)17-11(14-8)15-16-12(17)20-7-10(18)13-4-5-19-3/h6H,4-5,7H2,1-3H3,(H,13,18). The van der Waals surface area contributed by atoms with Crippen molar-refractivity contribution < 1.29 is 9.53 Å². The zero-order valence-corrected chi connectivity index (χ0v) is 12.5. The molecule has 2 heterocycles. The van der Waals surface area contributed by atoms with Crippen molar-refractivity contribution in [3.05, 3.63) is 17.5 Å². The van der Waals surface area contributed by atoms with Crippen molar-refractivity contribution in [2.24, 2.45) is 0 Å². The van der Waals surface area contributed by atoms with Gasteiger partial charge in [0.2, 0.25) is 5.91 Å². The summed E-state index contributed by atoms with van der Waals surface area (Å²) < 4.78 is 6.72. The summed E-state index contributed by atoms with van der Waals surface area (Å²) in [6, 6.07) is 1.96. The number of carbonyl (C=O) groups excluding carboxylic acids is 1. The first kappa shape index (κ1) is 14.7. The summed E-state index contributed by atoms with van der Waals surface area (Å²) in [6.07, 6.45) is 0. The molecule has 20 heavy (non-hydrogen) atoms. The van der Waals surface area contributed by atoms with E-state index in [4.69, 9.17) is 4.74 Å². The molecule has 0 aliphatic heterocycles. The Kier molecular flexibility index (Phi) is 4.91. The van der Waals surface area contributed by atoms with Gasteiger partial charge in [0, 0.05) is 25.0 Å². The van der Waals surface area contributed by atoms with E-state index in [2.05, 4.69) is 20.5 Å². The van der Waals surface area contributed by atoms with Crippen LogP contribution in [0.1, 0.15) is 11.4 Å². The molecule has 0 bridgehead atoms. The quantitative estimate of drug-likeness (QED) is 0.621. The van der Waals surface area contributed by atoms with E-state index in [9.17, 15) is 4.79 Å². The fourth-order valence-electron chi connectivity index (χ4n) is 1.77. The van der Waals surface area contributed by atoms with Gasteiger partial charge in [-0.1, -0.05) is 11.8 Å². The van der Waals surface area contributed by atoms with Crippen molar-refractivity contribution in [3.63, 3.8) is 0 Å². The molecule has 1 N–H and O–H groups in total. The zero-order chi connectivity index (χ0) is 14.5. The highest BCUT2D eigenvalue weighted by molar-refractivity contribution is 7.99. The van der Waals surface area contributed by atoms with E-state index in [0.717, 1.165) is 11.4 Å². The summed E-state index contributed by atoms with van der Waals surface area (Å²) in [7, 11) is 1.60. The molecule has 0 spiro atoms. The number of nitrogens with one attached hydrogen (secondary N) is 1. The predicted octanol–water partition coefficient (Wildman–Crippen LogP) is 0.596. The van der Waals surface area contributed by atoms with Crippen LogP contribution in [0.4, 0.5) is 0 Å². The third kappa shape index (κ3) is 3.45. The number of aromatic nitrogens is 4. The van der Waals surface area contributed by atoms with Crippen LogP contribution in [0.5, 0.6) is 0 Å². The molecule has 8 heteroatoms. The van der Waals surface area contributed by atoms with E-state index in [1.54, 1.807) is 7.11 Å². The molecule has 0 saturated heterocycles. The van der Waals surface area contributed by atoms with E-state index in [0.29, 0.717) is 24.1 Å². The van der Waals surface area contributed by atoms with Gasteiger partial charge in [-0.25, -0.2) is 4.98 Å². The zero-order valence-electron chi connectivity index (χ0n) is 11.7. The summed E-state index contributed by atoms with van der Waals surface area (Å²) in [4.78, 5) is 15.9. The molecule has 0 aromatic carbocycles. The third-order valence-electron chi connectivity index (χ3n) is 2.62. The highest BCUT2D eigenvalue weighted by Crippen LogP contribution is 2.18. The van der Waals surface area contributed by atoms with E-state index < -0.39 is 0 Å². The first-order valence-electron chi connectivity index (χ1n) is 6.19. The number of thioether (sulfide) groups is 1. The van der Waals surface area contributed by atoms with Gasteiger partial charge in [-0.05, 0) is 19.9 Å². The fourth-order valence-corrected chi connectivity index (χ4v) is 2.58. The van der Waals surface area contributed by atoms with Crippen molar-refractivity contribution in [2.45, 2.75) is 19.0 Å². The molecule has 0 saturated carbocycles. The smallest absolute Gasteiger partial charge is 0.256 e. The van der Waals surface area contributed by atoms with E-state index >= 15 is 0 Å². The molecule has 0 fully saturated rings. The SMILES string of the molecule is COCCNC(=O)CSc1nnc2nc(C)cc(C)n12. The second-order valence-electron chi connectivity index (χ2n) is 4.29. The van der Waals surface area contributed by atoms with Crippen molar-refractivity contribution >= 4 is 23.4 Å². The number of fused-ring (bicyclic) bond motifs is 1. The molecule has 2 rings (SSSR count). The number of ether oxygens (including phenoxy) is 1. The van der Waals surface area contributed by atoms with Crippen LogP contribution in [0.3, 0.4) is 0 Å². The van der Waals surface area contributed by atoms with Gasteiger partial charge in [0.1, 0.15) is 0 Å². The predicted molar refractivity (Wildman–Crippen MR) is 75.9 cm³/mol. The van der Waals surface area contributed by atoms with Gasteiger partial charge in [0.25, 0.3) is 5.78 Å². The highest BCUT2D eigenvalue weighted by atomic mass is 32.2. The molecule has 2 aromatic heterocycles. The summed E-state index contributed by atoms with van der Waals surface area (Å²) >= 11 is 1.34. The Morgan fingerprint density at radius 1 is 1.45 bits per heavy atom. The first-order chi connectivity index (χ1) is 9.61. The number of nitrogens with zero attached hydrogens (tertiary/aromatic N) is 4. The van der Waals surface area contributed by atoms with Crippen molar-refractivity contribution in [3.8, 4) is 0 Å². The molecular formula is C12H17N5O2S. The van der Waals surface area contributed by atoms with Crippen LogP contribution in [0.15, 0.2) is 11.2 Å². The maximum absolute atomic E-state index is 11.6. The minimum Gasteiger partial charge on any atom is -0.383 e. The molecule has 7 nitrogen and oxygen atoms in total. The molecule has 1 amide bonds. The summed E-state index contributed by atoms with van der Waals surface area (Å²) in [5.41, 5.74) is 1.90. The molecule has 0 aliphatic carbocycles. The number of amides is 1. The van der Waals surface area contributed by atoms with Crippen LogP contribution < -0.4 is 5.32 Å². The average molecular weight is 295 g/mol. The lowest BCUT2D eigenvalue weighted by atomic mass is 10.3. The normalized spacial score (nSPS) is 10.9. The number of aryl methyl sites for hydroxylation is 2. The lowest BCUT2D eigenvalue weighted by Gasteiger charge is -2.05. The Hall–Kier alpha value is -1.67. The lowest BCUT2D eigenvalue weighted by molar-refractivity contribution is -0.118. The topological polar surface area (TPSA) is 81.4 Å². The number of carbonyl (C=O) groups is 1. The van der Waals surface area contributed by atoms with Crippen LogP contribution in [0, 0.1) is 13.8 Å². The first-order valence-corrected chi connectivity index (χ1v) is 7.18. The lowest BCUT2D eigenvalue weighted by Crippen LogP contribution is -2.28. The Labute approximate surface area is 121 Å². The highest BCUT2D eigenvalue weighted by Gasteiger charge is 2.11. The van der Waals surface area contributed by atoms with Gasteiger partial charge >= 0.3 is 0 Å². The Balaban J connectivity index is 2.02. The van der Waals surface area contributed by atoms with Gasteiger partial charge in [0.15, 0.2) is 5.16 Å². The minimum atomic E-state index is -0.0541. The van der Waals surface area contributed by atoms with Gasteiger partial charge < -0.3 is 10.1 Å². The maximum atomic E-state index is 11.6. The van der Waals surface area contributed by atoms with Crippen LogP contribution in [0.25, 0.3) is 5.78 Å². The Bertz CT molecular complexity index is 613. The van der Waals surface area contributed by atoms with Crippen LogP contribution >= 0.6 is 11.8 Å². The van der Waals surface area contributed by atoms with Crippen LogP contribution in [-0.2, 0) is 9.53 Å². The van der Waals surface area contributed by atoms with E-state index in [1.807, 2.05) is 24.3 Å². The Morgan fingerprint density at radius 3 is 3.00 bits per heavy atom. The molecular weight excluding hydrogens is 278 g/mol. The summed E-state index contributed by atoms with van der Waals surface area (Å²) in [5, 5.41) is 11.5. The molecule has 0 radical (unpaired) electrons. The van der Waals surface area contributed by atoms with Crippen LogP contribution in [-0.4, -0.2) is 51.5 Å². The molecule has 108 valence electrons. The largest absolute Gasteiger partial charge is 0.383 e. The summed E-state index contributed by atoms with van der Waals surface area (Å²) in [6.45, 7) is 4.90. The monoisotopic (exact) mass is 295 g/mol. The van der Waals surface area contributed by atoms with Gasteiger partial charge in [-0.15, -0.1) is 10.2 Å². The fraction of sp³-hybridized carbons (Fsp3) is 0.500. The maximum Gasteiger partial charge on any atom is 0.256 e. The van der Waals surface area contributed by atoms with Crippen molar-refractivity contribution in [2.75, 3.05) is 26.0 Å². The molecule has 0 unspecified atom stereocenters. The van der Waals surface area contributed by atoms with Crippen LogP contribution in [0.2, 0.25) is 0 Å². The number of methoxy groups -OCH3 is 1. The third-order valence-corrected chi connectivity index (χ3v) is 3.55. The van der Waals surface area contributed by atoms with Gasteiger partial charge in [0.05, 0.1) is 12.4 Å². The van der Waals surface area contributed by atoms with E-state index in [-0.39, 0.29) is 11.7 Å². The van der Waals surface area contributed by atoms with Crippen molar-refractivity contribution in [1.29, 1.82) is 0 Å². The number of hydrogen-bond donors (Lipinski definition) is 1.